The number of nitrogens with one attached hydrogen (secondary N) is 2. The number of anilines is 2. The number of rotatable bonds is 5. The van der Waals surface area contributed by atoms with Gasteiger partial charge in [-0.2, -0.15) is 0 Å². The number of nitrogens with zero attached hydrogens (tertiary/aromatic N) is 1. The van der Waals surface area contributed by atoms with Crippen LogP contribution in [0.2, 0.25) is 0 Å². The standard InChI is InChI=1S/C22H27N3O2/c1-15-12-16(2)21(17(3)13-15)23-14-20(26)24-19-8-6-18(7-9-19)22(27)25-10-4-5-11-25/h6-9,12-13,23H,4-5,10-11,14H2,1-3H3,(H,24,26). The van der Waals surface area contributed by atoms with Crippen LogP contribution in [-0.4, -0.2) is 36.3 Å². The summed E-state index contributed by atoms with van der Waals surface area (Å²) in [6, 6.07) is 11.3. The monoisotopic (exact) mass is 365 g/mol. The van der Waals surface area contributed by atoms with Gasteiger partial charge in [0, 0.05) is 30.0 Å². The second-order valence-corrected chi connectivity index (χ2v) is 7.25. The molecule has 1 saturated heterocycles. The average molecular weight is 365 g/mol. The Balaban J connectivity index is 1.56. The summed E-state index contributed by atoms with van der Waals surface area (Å²) >= 11 is 0. The van der Waals surface area contributed by atoms with Crippen molar-refractivity contribution in [2.75, 3.05) is 30.3 Å². The zero-order valence-electron chi connectivity index (χ0n) is 16.3. The molecule has 2 aromatic carbocycles. The number of amides is 2. The lowest BCUT2D eigenvalue weighted by Gasteiger charge is -2.16. The van der Waals surface area contributed by atoms with Crippen LogP contribution in [-0.2, 0) is 4.79 Å². The smallest absolute Gasteiger partial charge is 0.253 e. The highest BCUT2D eigenvalue weighted by Crippen LogP contribution is 2.21. The summed E-state index contributed by atoms with van der Waals surface area (Å²) in [6.45, 7) is 8.00. The van der Waals surface area contributed by atoms with Gasteiger partial charge in [-0.1, -0.05) is 17.7 Å². The third-order valence-corrected chi connectivity index (χ3v) is 4.91. The van der Waals surface area contributed by atoms with E-state index in [2.05, 4.69) is 29.7 Å². The van der Waals surface area contributed by atoms with Gasteiger partial charge in [0.15, 0.2) is 0 Å². The third kappa shape index (κ3) is 4.67. The molecule has 2 amide bonds. The first kappa shape index (κ1) is 19.0. The fraction of sp³-hybridized carbons (Fsp3) is 0.364. The topological polar surface area (TPSA) is 61.4 Å². The van der Waals surface area contributed by atoms with Crippen LogP contribution in [0.4, 0.5) is 11.4 Å². The molecule has 1 heterocycles. The Morgan fingerprint density at radius 2 is 1.56 bits per heavy atom. The van der Waals surface area contributed by atoms with Crippen LogP contribution in [0.3, 0.4) is 0 Å². The molecule has 0 unspecified atom stereocenters. The van der Waals surface area contributed by atoms with Gasteiger partial charge in [-0.15, -0.1) is 0 Å². The second-order valence-electron chi connectivity index (χ2n) is 7.25. The van der Waals surface area contributed by atoms with Crippen LogP contribution in [0, 0.1) is 20.8 Å². The van der Waals surface area contributed by atoms with Gasteiger partial charge in [0.05, 0.1) is 6.54 Å². The molecular formula is C22H27N3O2. The normalized spacial score (nSPS) is 13.5. The van der Waals surface area contributed by atoms with E-state index < -0.39 is 0 Å². The molecule has 0 spiro atoms. The number of carbonyl (C=O) groups excluding carboxylic acids is 2. The Labute approximate surface area is 160 Å². The molecule has 1 aliphatic heterocycles. The largest absolute Gasteiger partial charge is 0.376 e. The highest BCUT2D eigenvalue weighted by atomic mass is 16.2. The van der Waals surface area contributed by atoms with Crippen molar-refractivity contribution in [3.05, 3.63) is 58.7 Å². The van der Waals surface area contributed by atoms with E-state index in [1.807, 2.05) is 18.7 Å². The first-order valence-corrected chi connectivity index (χ1v) is 9.45. The molecule has 2 aromatic rings. The van der Waals surface area contributed by atoms with Gasteiger partial charge in [-0.3, -0.25) is 9.59 Å². The molecule has 3 rings (SSSR count). The maximum Gasteiger partial charge on any atom is 0.253 e. The Morgan fingerprint density at radius 1 is 0.963 bits per heavy atom. The average Bonchev–Trinajstić information content (AvgIpc) is 3.15. The van der Waals surface area contributed by atoms with Crippen molar-refractivity contribution in [3.63, 3.8) is 0 Å². The summed E-state index contributed by atoms with van der Waals surface area (Å²) in [5, 5.41) is 6.09. The molecule has 142 valence electrons. The number of benzene rings is 2. The Hall–Kier alpha value is -2.82. The number of hydrogen-bond donors (Lipinski definition) is 2. The molecule has 27 heavy (non-hydrogen) atoms. The van der Waals surface area contributed by atoms with Crippen molar-refractivity contribution < 1.29 is 9.59 Å². The number of carbonyl (C=O) groups is 2. The predicted octanol–water partition coefficient (Wildman–Crippen LogP) is 3.90. The van der Waals surface area contributed by atoms with E-state index in [0.717, 1.165) is 42.7 Å². The van der Waals surface area contributed by atoms with Crippen LogP contribution >= 0.6 is 0 Å². The van der Waals surface area contributed by atoms with Crippen LogP contribution in [0.1, 0.15) is 39.9 Å². The summed E-state index contributed by atoms with van der Waals surface area (Å²) in [4.78, 5) is 26.5. The van der Waals surface area contributed by atoms with E-state index in [1.54, 1.807) is 24.3 Å². The van der Waals surface area contributed by atoms with E-state index in [1.165, 1.54) is 5.56 Å². The molecular weight excluding hydrogens is 338 g/mol. The van der Waals surface area contributed by atoms with Gasteiger partial charge in [-0.25, -0.2) is 0 Å². The SMILES string of the molecule is Cc1cc(C)c(NCC(=O)Nc2ccc(C(=O)N3CCCC3)cc2)c(C)c1. The quantitative estimate of drug-likeness (QED) is 0.845. The highest BCUT2D eigenvalue weighted by molar-refractivity contribution is 5.96. The first-order valence-electron chi connectivity index (χ1n) is 9.45. The fourth-order valence-electron chi connectivity index (χ4n) is 3.63. The van der Waals surface area contributed by atoms with Crippen molar-refractivity contribution in [1.29, 1.82) is 0 Å². The van der Waals surface area contributed by atoms with Gasteiger partial charge in [0.25, 0.3) is 5.91 Å². The van der Waals surface area contributed by atoms with E-state index in [0.29, 0.717) is 11.3 Å². The maximum absolute atomic E-state index is 12.4. The van der Waals surface area contributed by atoms with Gasteiger partial charge in [-0.05, 0) is 69.0 Å². The van der Waals surface area contributed by atoms with Gasteiger partial charge < -0.3 is 15.5 Å². The number of hydrogen-bond acceptors (Lipinski definition) is 3. The van der Waals surface area contributed by atoms with Crippen LogP contribution in [0.15, 0.2) is 36.4 Å². The molecule has 0 radical (unpaired) electrons. The number of aryl methyl sites for hydroxylation is 3. The minimum absolute atomic E-state index is 0.0670. The lowest BCUT2D eigenvalue weighted by atomic mass is 10.1. The van der Waals surface area contributed by atoms with E-state index in [9.17, 15) is 9.59 Å². The summed E-state index contributed by atoms with van der Waals surface area (Å²) in [5.41, 5.74) is 5.83. The Bertz CT molecular complexity index is 814. The molecule has 0 aromatic heterocycles. The summed E-state index contributed by atoms with van der Waals surface area (Å²) in [6.07, 6.45) is 2.15. The Morgan fingerprint density at radius 3 is 2.15 bits per heavy atom. The van der Waals surface area contributed by atoms with Crippen molar-refractivity contribution in [1.82, 2.24) is 4.90 Å². The summed E-state index contributed by atoms with van der Waals surface area (Å²) in [5.74, 6) is -0.0506. The van der Waals surface area contributed by atoms with Gasteiger partial charge in [0.2, 0.25) is 5.91 Å². The van der Waals surface area contributed by atoms with Gasteiger partial charge in [0.1, 0.15) is 0 Å². The molecule has 0 atom stereocenters. The highest BCUT2D eigenvalue weighted by Gasteiger charge is 2.19. The van der Waals surface area contributed by atoms with Crippen molar-refractivity contribution in [3.8, 4) is 0 Å². The van der Waals surface area contributed by atoms with Crippen molar-refractivity contribution >= 4 is 23.2 Å². The molecule has 1 aliphatic rings. The molecule has 0 saturated carbocycles. The summed E-state index contributed by atoms with van der Waals surface area (Å²) < 4.78 is 0. The lowest BCUT2D eigenvalue weighted by molar-refractivity contribution is -0.114. The summed E-state index contributed by atoms with van der Waals surface area (Å²) in [7, 11) is 0. The zero-order chi connectivity index (χ0) is 19.4. The Kier molecular flexibility index (Phi) is 5.79. The molecule has 0 bridgehead atoms. The molecule has 0 aliphatic carbocycles. The molecule has 1 fully saturated rings. The van der Waals surface area contributed by atoms with Crippen molar-refractivity contribution in [2.45, 2.75) is 33.6 Å². The third-order valence-electron chi connectivity index (χ3n) is 4.91. The van der Waals surface area contributed by atoms with Crippen LogP contribution in [0.5, 0.6) is 0 Å². The fourth-order valence-corrected chi connectivity index (χ4v) is 3.63. The van der Waals surface area contributed by atoms with Gasteiger partial charge >= 0.3 is 0 Å². The lowest BCUT2D eigenvalue weighted by Crippen LogP contribution is -2.27. The minimum Gasteiger partial charge on any atom is -0.376 e. The van der Waals surface area contributed by atoms with Crippen LogP contribution in [0.25, 0.3) is 0 Å². The minimum atomic E-state index is -0.118. The van der Waals surface area contributed by atoms with E-state index in [-0.39, 0.29) is 18.4 Å². The first-order chi connectivity index (χ1) is 12.9. The molecule has 5 nitrogen and oxygen atoms in total. The predicted molar refractivity (Wildman–Crippen MR) is 109 cm³/mol. The van der Waals surface area contributed by atoms with E-state index >= 15 is 0 Å². The van der Waals surface area contributed by atoms with Crippen LogP contribution < -0.4 is 10.6 Å². The second kappa shape index (κ2) is 8.25. The maximum atomic E-state index is 12.4. The zero-order valence-corrected chi connectivity index (χ0v) is 16.3. The molecule has 5 heteroatoms. The van der Waals surface area contributed by atoms with E-state index in [4.69, 9.17) is 0 Å². The molecule has 2 N–H and O–H groups in total. The number of likely N-dealkylation sites (tertiary alicyclic amines) is 1. The van der Waals surface area contributed by atoms with Crippen molar-refractivity contribution in [2.24, 2.45) is 0 Å².